The van der Waals surface area contributed by atoms with Gasteiger partial charge in [0.05, 0.1) is 5.56 Å². The zero-order valence-corrected chi connectivity index (χ0v) is 15.8. The van der Waals surface area contributed by atoms with Crippen LogP contribution in [0, 0.1) is 0 Å². The zero-order chi connectivity index (χ0) is 21.2. The second kappa shape index (κ2) is 7.88. The molecule has 2 aromatic carbocycles. The number of para-hydroxylation sites is 1. The van der Waals surface area contributed by atoms with Crippen molar-refractivity contribution in [2.45, 2.75) is 30.9 Å². The fourth-order valence-corrected chi connectivity index (χ4v) is 3.35. The van der Waals surface area contributed by atoms with E-state index in [2.05, 4.69) is 10.1 Å². The van der Waals surface area contributed by atoms with E-state index in [1.807, 2.05) is 6.07 Å². The summed E-state index contributed by atoms with van der Waals surface area (Å²) in [4.78, 5) is 24.3. The van der Waals surface area contributed by atoms with Crippen LogP contribution in [-0.2, 0) is 27.8 Å². The SMILES string of the molecule is O=C(Nc1cccc2c1CCCC2)c1ccccc1OC(=O)C(F)(F)S(=O)(=O)O. The molecule has 0 unspecified atom stereocenters. The number of carbonyl (C=O) groups excluding carboxylic acids is 2. The van der Waals surface area contributed by atoms with Crippen LogP contribution in [0.5, 0.6) is 5.75 Å². The second-order valence-electron chi connectivity index (χ2n) is 6.48. The Labute approximate surface area is 165 Å². The third-order valence-electron chi connectivity index (χ3n) is 4.54. The van der Waals surface area contributed by atoms with Crippen molar-refractivity contribution in [3.8, 4) is 5.75 Å². The highest BCUT2D eigenvalue weighted by atomic mass is 32.2. The van der Waals surface area contributed by atoms with Crippen LogP contribution in [-0.4, -0.2) is 30.1 Å². The lowest BCUT2D eigenvalue weighted by atomic mass is 9.90. The van der Waals surface area contributed by atoms with E-state index in [9.17, 15) is 26.8 Å². The molecule has 0 fully saturated rings. The quantitative estimate of drug-likeness (QED) is 0.433. The zero-order valence-electron chi connectivity index (χ0n) is 15.0. The molecule has 0 atom stereocenters. The highest BCUT2D eigenvalue weighted by molar-refractivity contribution is 7.87. The molecule has 3 rings (SSSR count). The second-order valence-corrected chi connectivity index (χ2v) is 7.94. The fraction of sp³-hybridized carbons (Fsp3) is 0.263. The summed E-state index contributed by atoms with van der Waals surface area (Å²) in [6.07, 6.45) is 3.69. The van der Waals surface area contributed by atoms with Gasteiger partial charge < -0.3 is 10.1 Å². The standard InChI is InChI=1S/C19H17F2NO6S/c20-19(21,29(25,26)27)18(24)28-16-11-4-3-9-14(16)17(23)22-15-10-5-7-12-6-1-2-8-13(12)15/h3-5,7,9-11H,1-2,6,8H2,(H,22,23)(H,25,26,27). The van der Waals surface area contributed by atoms with E-state index in [-0.39, 0.29) is 5.56 Å². The van der Waals surface area contributed by atoms with Gasteiger partial charge in [-0.05, 0) is 55.0 Å². The highest BCUT2D eigenvalue weighted by Gasteiger charge is 2.54. The van der Waals surface area contributed by atoms with E-state index in [0.29, 0.717) is 5.69 Å². The molecule has 1 aliphatic carbocycles. The topological polar surface area (TPSA) is 110 Å². The average molecular weight is 425 g/mol. The third kappa shape index (κ3) is 4.28. The van der Waals surface area contributed by atoms with Crippen molar-refractivity contribution in [2.75, 3.05) is 5.32 Å². The van der Waals surface area contributed by atoms with Crippen molar-refractivity contribution in [1.29, 1.82) is 0 Å². The van der Waals surface area contributed by atoms with Crippen molar-refractivity contribution < 1.29 is 36.1 Å². The molecule has 154 valence electrons. The maximum atomic E-state index is 13.5. The lowest BCUT2D eigenvalue weighted by Gasteiger charge is -2.20. The molecule has 2 N–H and O–H groups in total. The summed E-state index contributed by atoms with van der Waals surface area (Å²) in [5, 5.41) is -2.49. The van der Waals surface area contributed by atoms with Gasteiger partial charge in [-0.25, -0.2) is 4.79 Å². The van der Waals surface area contributed by atoms with Crippen LogP contribution in [0.15, 0.2) is 42.5 Å². The molecular formula is C19H17F2NO6S. The smallest absolute Gasteiger partial charge is 0.420 e. The maximum absolute atomic E-state index is 13.5. The molecule has 0 aromatic heterocycles. The Morgan fingerprint density at radius 3 is 2.45 bits per heavy atom. The van der Waals surface area contributed by atoms with Crippen LogP contribution in [0.4, 0.5) is 14.5 Å². The molecule has 0 spiro atoms. The van der Waals surface area contributed by atoms with Crippen LogP contribution >= 0.6 is 0 Å². The van der Waals surface area contributed by atoms with Gasteiger partial charge in [0.1, 0.15) is 5.75 Å². The van der Waals surface area contributed by atoms with Gasteiger partial charge in [0.15, 0.2) is 0 Å². The molecule has 0 heterocycles. The van der Waals surface area contributed by atoms with Gasteiger partial charge in [-0.2, -0.15) is 17.2 Å². The Morgan fingerprint density at radius 2 is 1.72 bits per heavy atom. The first-order valence-electron chi connectivity index (χ1n) is 8.69. The number of hydrogen-bond donors (Lipinski definition) is 2. The Morgan fingerprint density at radius 1 is 1.03 bits per heavy atom. The monoisotopic (exact) mass is 425 g/mol. The van der Waals surface area contributed by atoms with Crippen molar-refractivity contribution in [3.63, 3.8) is 0 Å². The van der Waals surface area contributed by atoms with Crippen molar-refractivity contribution in [1.82, 2.24) is 0 Å². The normalized spacial score (nSPS) is 14.0. The highest BCUT2D eigenvalue weighted by Crippen LogP contribution is 2.30. The molecule has 0 saturated heterocycles. The minimum atomic E-state index is -6.02. The van der Waals surface area contributed by atoms with Gasteiger partial charge in [-0.3, -0.25) is 9.35 Å². The number of aryl methyl sites for hydroxylation is 1. The minimum Gasteiger partial charge on any atom is -0.420 e. The average Bonchev–Trinajstić information content (AvgIpc) is 2.67. The lowest BCUT2D eigenvalue weighted by Crippen LogP contribution is -2.40. The number of nitrogens with one attached hydrogen (secondary N) is 1. The Hall–Kier alpha value is -2.85. The number of esters is 1. The molecule has 0 bridgehead atoms. The van der Waals surface area contributed by atoms with Gasteiger partial charge >= 0.3 is 21.3 Å². The molecule has 10 heteroatoms. The van der Waals surface area contributed by atoms with Gasteiger partial charge in [-0.1, -0.05) is 24.3 Å². The molecule has 0 aliphatic heterocycles. The summed E-state index contributed by atoms with van der Waals surface area (Å²) in [6.45, 7) is 0. The molecule has 1 amide bonds. The molecule has 29 heavy (non-hydrogen) atoms. The number of halogens is 2. The number of rotatable bonds is 5. The predicted molar refractivity (Wildman–Crippen MR) is 99.6 cm³/mol. The van der Waals surface area contributed by atoms with Crippen molar-refractivity contribution >= 4 is 27.7 Å². The van der Waals surface area contributed by atoms with Crippen molar-refractivity contribution in [2.24, 2.45) is 0 Å². The number of fused-ring (bicyclic) bond motifs is 1. The first-order chi connectivity index (χ1) is 13.6. The van der Waals surface area contributed by atoms with E-state index in [4.69, 9.17) is 4.55 Å². The summed E-state index contributed by atoms with van der Waals surface area (Å²) in [6, 6.07) is 10.5. The number of anilines is 1. The van der Waals surface area contributed by atoms with E-state index >= 15 is 0 Å². The van der Waals surface area contributed by atoms with Crippen molar-refractivity contribution in [3.05, 3.63) is 59.2 Å². The summed E-state index contributed by atoms with van der Waals surface area (Å²) in [5.41, 5.74) is 2.41. The van der Waals surface area contributed by atoms with Crippen LogP contribution in [0.2, 0.25) is 0 Å². The Bertz CT molecular complexity index is 1070. The first-order valence-corrected chi connectivity index (χ1v) is 10.1. The van der Waals surface area contributed by atoms with Gasteiger partial charge in [0, 0.05) is 5.69 Å². The van der Waals surface area contributed by atoms with E-state index < -0.39 is 33.0 Å². The van der Waals surface area contributed by atoms with E-state index in [0.717, 1.165) is 42.9 Å². The summed E-state index contributed by atoms with van der Waals surface area (Å²) < 4.78 is 61.3. The summed E-state index contributed by atoms with van der Waals surface area (Å²) in [5.74, 6) is -3.80. The molecular weight excluding hydrogens is 408 g/mol. The number of carbonyl (C=O) groups is 2. The van der Waals surface area contributed by atoms with Gasteiger partial charge in [-0.15, -0.1) is 0 Å². The van der Waals surface area contributed by atoms with Crippen LogP contribution in [0.1, 0.15) is 34.3 Å². The Balaban J connectivity index is 1.86. The van der Waals surface area contributed by atoms with E-state index in [1.54, 1.807) is 12.1 Å². The summed E-state index contributed by atoms with van der Waals surface area (Å²) >= 11 is 0. The number of ether oxygens (including phenoxy) is 1. The third-order valence-corrected chi connectivity index (χ3v) is 5.35. The predicted octanol–water partition coefficient (Wildman–Crippen LogP) is 3.20. The number of amides is 1. The molecule has 0 saturated carbocycles. The van der Waals surface area contributed by atoms with Crippen LogP contribution in [0.3, 0.4) is 0 Å². The molecule has 7 nitrogen and oxygen atoms in total. The van der Waals surface area contributed by atoms with Gasteiger partial charge in [0.25, 0.3) is 5.91 Å². The van der Waals surface area contributed by atoms with E-state index in [1.165, 1.54) is 18.2 Å². The lowest BCUT2D eigenvalue weighted by molar-refractivity contribution is -0.151. The summed E-state index contributed by atoms with van der Waals surface area (Å²) in [7, 11) is -6.02. The minimum absolute atomic E-state index is 0.250. The first kappa shape index (κ1) is 20.9. The largest absolute Gasteiger partial charge is 0.466 e. The number of alkyl halides is 2. The van der Waals surface area contributed by atoms with Crippen LogP contribution in [0.25, 0.3) is 0 Å². The molecule has 0 radical (unpaired) electrons. The Kier molecular flexibility index (Phi) is 5.67. The molecule has 1 aliphatic rings. The number of hydrogen-bond acceptors (Lipinski definition) is 5. The van der Waals surface area contributed by atoms with Crippen LogP contribution < -0.4 is 10.1 Å². The maximum Gasteiger partial charge on any atom is 0.466 e. The fourth-order valence-electron chi connectivity index (χ4n) is 3.10. The number of benzene rings is 2. The molecule has 2 aromatic rings. The van der Waals surface area contributed by atoms with Gasteiger partial charge in [0.2, 0.25) is 0 Å².